The first kappa shape index (κ1) is 19.7. The van der Waals surface area contributed by atoms with Crippen molar-refractivity contribution in [3.63, 3.8) is 0 Å². The summed E-state index contributed by atoms with van der Waals surface area (Å²) < 4.78 is 0. The Morgan fingerprint density at radius 2 is 1.65 bits per heavy atom. The standard InChI is InChI=1S/C22H28N2O2/c1-4-20(22(26)23-3)24(16-19-12-10-17(2)11-13-19)21(25)15-14-18-8-6-5-7-9-18/h5-13,20H,4,14-16H2,1-3H3,(H,23,26)/t20-/m0/s1. The fraction of sp³-hybridized carbons (Fsp3) is 0.364. The Balaban J connectivity index is 2.16. The maximum absolute atomic E-state index is 13.0. The van der Waals surface area contributed by atoms with Crippen molar-refractivity contribution in [1.29, 1.82) is 0 Å². The van der Waals surface area contributed by atoms with Crippen LogP contribution in [0.5, 0.6) is 0 Å². The van der Waals surface area contributed by atoms with Crippen molar-refractivity contribution in [2.45, 2.75) is 45.7 Å². The molecule has 4 heteroatoms. The minimum absolute atomic E-state index is 0.00452. The van der Waals surface area contributed by atoms with Crippen LogP contribution >= 0.6 is 0 Å². The van der Waals surface area contributed by atoms with Crippen LogP contribution in [-0.2, 0) is 22.6 Å². The molecule has 0 unspecified atom stereocenters. The first-order valence-corrected chi connectivity index (χ1v) is 9.15. The summed E-state index contributed by atoms with van der Waals surface area (Å²) in [5, 5.41) is 2.69. The second-order valence-corrected chi connectivity index (χ2v) is 6.53. The van der Waals surface area contributed by atoms with E-state index in [4.69, 9.17) is 0 Å². The van der Waals surface area contributed by atoms with Crippen molar-refractivity contribution in [1.82, 2.24) is 10.2 Å². The summed E-state index contributed by atoms with van der Waals surface area (Å²) >= 11 is 0. The highest BCUT2D eigenvalue weighted by molar-refractivity contribution is 5.87. The summed E-state index contributed by atoms with van der Waals surface area (Å²) in [6, 6.07) is 17.6. The lowest BCUT2D eigenvalue weighted by molar-refractivity contribution is -0.141. The summed E-state index contributed by atoms with van der Waals surface area (Å²) in [5.74, 6) is -0.113. The van der Waals surface area contributed by atoms with Crippen LogP contribution in [0.2, 0.25) is 0 Å². The van der Waals surface area contributed by atoms with Crippen LogP contribution in [-0.4, -0.2) is 29.8 Å². The first-order chi connectivity index (χ1) is 12.5. The first-order valence-electron chi connectivity index (χ1n) is 9.15. The van der Waals surface area contributed by atoms with Crippen LogP contribution < -0.4 is 5.32 Å². The van der Waals surface area contributed by atoms with Gasteiger partial charge in [-0.15, -0.1) is 0 Å². The van der Waals surface area contributed by atoms with Gasteiger partial charge in [-0.2, -0.15) is 0 Å². The average molecular weight is 352 g/mol. The van der Waals surface area contributed by atoms with E-state index >= 15 is 0 Å². The van der Waals surface area contributed by atoms with E-state index in [1.807, 2.05) is 68.4 Å². The summed E-state index contributed by atoms with van der Waals surface area (Å²) in [6.45, 7) is 4.41. The summed E-state index contributed by atoms with van der Waals surface area (Å²) in [4.78, 5) is 27.0. The number of carbonyl (C=O) groups is 2. The third kappa shape index (κ3) is 5.45. The molecule has 0 aliphatic heterocycles. The fourth-order valence-electron chi connectivity index (χ4n) is 3.02. The second-order valence-electron chi connectivity index (χ2n) is 6.53. The highest BCUT2D eigenvalue weighted by Crippen LogP contribution is 2.15. The van der Waals surface area contributed by atoms with Crippen LogP contribution in [0.1, 0.15) is 36.5 Å². The number of aryl methyl sites for hydroxylation is 2. The van der Waals surface area contributed by atoms with Gasteiger partial charge >= 0.3 is 0 Å². The largest absolute Gasteiger partial charge is 0.357 e. The van der Waals surface area contributed by atoms with Crippen molar-refractivity contribution >= 4 is 11.8 Å². The van der Waals surface area contributed by atoms with E-state index in [-0.39, 0.29) is 11.8 Å². The number of nitrogens with one attached hydrogen (secondary N) is 1. The van der Waals surface area contributed by atoms with Crippen LogP contribution in [0, 0.1) is 6.92 Å². The van der Waals surface area contributed by atoms with Crippen molar-refractivity contribution in [3.05, 3.63) is 71.3 Å². The zero-order valence-corrected chi connectivity index (χ0v) is 15.9. The fourth-order valence-corrected chi connectivity index (χ4v) is 3.02. The molecule has 1 atom stereocenters. The van der Waals surface area contributed by atoms with Gasteiger partial charge in [0.05, 0.1) is 0 Å². The Hall–Kier alpha value is -2.62. The third-order valence-electron chi connectivity index (χ3n) is 4.58. The van der Waals surface area contributed by atoms with E-state index in [1.165, 1.54) is 5.56 Å². The van der Waals surface area contributed by atoms with Crippen molar-refractivity contribution in [3.8, 4) is 0 Å². The second kappa shape index (κ2) is 9.76. The van der Waals surface area contributed by atoms with Crippen molar-refractivity contribution < 1.29 is 9.59 Å². The number of benzene rings is 2. The van der Waals surface area contributed by atoms with Crippen LogP contribution in [0.4, 0.5) is 0 Å². The molecule has 0 saturated heterocycles. The molecule has 0 heterocycles. The SMILES string of the molecule is CC[C@@H](C(=O)NC)N(Cc1ccc(C)cc1)C(=O)CCc1ccccc1. The van der Waals surface area contributed by atoms with Crippen LogP contribution in [0.3, 0.4) is 0 Å². The number of carbonyl (C=O) groups excluding carboxylic acids is 2. The molecule has 0 aliphatic carbocycles. The number of likely N-dealkylation sites (N-methyl/N-ethyl adjacent to an activating group) is 1. The molecule has 0 saturated carbocycles. The molecule has 26 heavy (non-hydrogen) atoms. The summed E-state index contributed by atoms with van der Waals surface area (Å²) in [6.07, 6.45) is 1.65. The molecule has 0 aromatic heterocycles. The maximum Gasteiger partial charge on any atom is 0.242 e. The third-order valence-corrected chi connectivity index (χ3v) is 4.58. The van der Waals surface area contributed by atoms with E-state index < -0.39 is 6.04 Å². The van der Waals surface area contributed by atoms with Gasteiger partial charge < -0.3 is 10.2 Å². The molecule has 138 valence electrons. The van der Waals surface area contributed by atoms with E-state index in [9.17, 15) is 9.59 Å². The highest BCUT2D eigenvalue weighted by Gasteiger charge is 2.27. The van der Waals surface area contributed by atoms with Gasteiger partial charge in [0.1, 0.15) is 6.04 Å². The van der Waals surface area contributed by atoms with Crippen LogP contribution in [0.25, 0.3) is 0 Å². The monoisotopic (exact) mass is 352 g/mol. The smallest absolute Gasteiger partial charge is 0.242 e. The van der Waals surface area contributed by atoms with Gasteiger partial charge in [0, 0.05) is 20.0 Å². The Bertz CT molecular complexity index is 711. The minimum atomic E-state index is -0.454. The van der Waals surface area contributed by atoms with E-state index in [0.29, 0.717) is 25.8 Å². The Morgan fingerprint density at radius 3 is 2.23 bits per heavy atom. The summed E-state index contributed by atoms with van der Waals surface area (Å²) in [5.41, 5.74) is 3.34. The lowest BCUT2D eigenvalue weighted by Gasteiger charge is -2.30. The number of hydrogen-bond acceptors (Lipinski definition) is 2. The number of hydrogen-bond donors (Lipinski definition) is 1. The maximum atomic E-state index is 13.0. The Kier molecular flexibility index (Phi) is 7.39. The predicted molar refractivity (Wildman–Crippen MR) is 105 cm³/mol. The lowest BCUT2D eigenvalue weighted by atomic mass is 10.1. The lowest BCUT2D eigenvalue weighted by Crippen LogP contribution is -2.48. The van der Waals surface area contributed by atoms with Crippen molar-refractivity contribution in [2.75, 3.05) is 7.05 Å². The molecular formula is C22H28N2O2. The van der Waals surface area contributed by atoms with E-state index in [1.54, 1.807) is 11.9 Å². The summed E-state index contributed by atoms with van der Waals surface area (Å²) in [7, 11) is 1.61. The van der Waals surface area contributed by atoms with Gasteiger partial charge in [-0.05, 0) is 30.9 Å². The molecule has 1 N–H and O–H groups in total. The van der Waals surface area contributed by atoms with E-state index in [2.05, 4.69) is 5.32 Å². The van der Waals surface area contributed by atoms with Gasteiger partial charge in [0.25, 0.3) is 0 Å². The van der Waals surface area contributed by atoms with Gasteiger partial charge in [0.15, 0.2) is 0 Å². The highest BCUT2D eigenvalue weighted by atomic mass is 16.2. The minimum Gasteiger partial charge on any atom is -0.357 e. The van der Waals surface area contributed by atoms with Gasteiger partial charge in [0.2, 0.25) is 11.8 Å². The molecule has 2 aromatic rings. The molecule has 0 aliphatic rings. The quantitative estimate of drug-likeness (QED) is 0.791. The number of amides is 2. The van der Waals surface area contributed by atoms with E-state index in [0.717, 1.165) is 11.1 Å². The van der Waals surface area contributed by atoms with Crippen molar-refractivity contribution in [2.24, 2.45) is 0 Å². The molecular weight excluding hydrogens is 324 g/mol. The zero-order valence-electron chi connectivity index (χ0n) is 15.9. The van der Waals surface area contributed by atoms with Crippen LogP contribution in [0.15, 0.2) is 54.6 Å². The Morgan fingerprint density at radius 1 is 1.00 bits per heavy atom. The molecule has 4 nitrogen and oxygen atoms in total. The molecule has 0 radical (unpaired) electrons. The average Bonchev–Trinajstić information content (AvgIpc) is 2.68. The molecule has 2 aromatic carbocycles. The van der Waals surface area contributed by atoms with Gasteiger partial charge in [-0.25, -0.2) is 0 Å². The van der Waals surface area contributed by atoms with Gasteiger partial charge in [-0.1, -0.05) is 67.1 Å². The molecule has 0 spiro atoms. The molecule has 0 bridgehead atoms. The topological polar surface area (TPSA) is 49.4 Å². The number of rotatable bonds is 8. The molecule has 2 amide bonds. The van der Waals surface area contributed by atoms with Gasteiger partial charge in [-0.3, -0.25) is 9.59 Å². The molecule has 0 fully saturated rings. The number of nitrogens with zero attached hydrogens (tertiary/aromatic N) is 1. The molecule has 2 rings (SSSR count). The zero-order chi connectivity index (χ0) is 18.9. The predicted octanol–water partition coefficient (Wildman–Crippen LogP) is 3.48. The normalized spacial score (nSPS) is 11.7. The Labute approximate surface area is 156 Å².